The van der Waals surface area contributed by atoms with Crippen LogP contribution in [0.25, 0.3) is 0 Å². The van der Waals surface area contributed by atoms with Gasteiger partial charge < -0.3 is 10.1 Å². The Bertz CT molecular complexity index is 373. The highest BCUT2D eigenvalue weighted by Crippen LogP contribution is 2.46. The Balaban J connectivity index is 1.86. The average molecular weight is 265 g/mol. The highest BCUT2D eigenvalue weighted by Gasteiger charge is 2.41. The van der Waals surface area contributed by atoms with Gasteiger partial charge in [0, 0.05) is 17.3 Å². The summed E-state index contributed by atoms with van der Waals surface area (Å²) in [5.74, 6) is 0.955. The van der Waals surface area contributed by atoms with Crippen molar-refractivity contribution in [3.63, 3.8) is 0 Å². The van der Waals surface area contributed by atoms with Crippen LogP contribution in [-0.4, -0.2) is 24.2 Å². The van der Waals surface area contributed by atoms with Gasteiger partial charge in [-0.1, -0.05) is 12.1 Å². The van der Waals surface area contributed by atoms with Crippen LogP contribution in [-0.2, 0) is 0 Å². The fourth-order valence-corrected chi connectivity index (χ4v) is 2.81. The molecule has 2 nitrogen and oxygen atoms in total. The molecule has 18 heavy (non-hydrogen) atoms. The molecule has 1 N–H and O–H groups in total. The van der Waals surface area contributed by atoms with E-state index < -0.39 is 0 Å². The standard InChI is InChI=1S/C15H23NOS/c1-4-17-14-7-5-13(6-8-14)12(2)16-11-15(18-3)9-10-15/h5-8,12,16H,4,9-11H2,1-3H3. The number of hydrogen-bond donors (Lipinski definition) is 1. The van der Waals surface area contributed by atoms with Gasteiger partial charge in [-0.05, 0) is 50.6 Å². The first-order valence-corrected chi connectivity index (χ1v) is 7.93. The third-order valence-electron chi connectivity index (χ3n) is 3.66. The predicted molar refractivity (Wildman–Crippen MR) is 79.5 cm³/mol. The van der Waals surface area contributed by atoms with Gasteiger partial charge in [0.15, 0.2) is 0 Å². The summed E-state index contributed by atoms with van der Waals surface area (Å²) in [6.45, 7) is 6.08. The molecule has 1 aromatic rings. The molecule has 0 heterocycles. The summed E-state index contributed by atoms with van der Waals surface area (Å²) < 4.78 is 5.99. The van der Waals surface area contributed by atoms with Crippen LogP contribution in [0.15, 0.2) is 24.3 Å². The molecule has 1 atom stereocenters. The Morgan fingerprint density at radius 1 is 1.33 bits per heavy atom. The van der Waals surface area contributed by atoms with Gasteiger partial charge in [-0.25, -0.2) is 0 Å². The Kier molecular flexibility index (Phi) is 4.57. The first kappa shape index (κ1) is 13.8. The lowest BCUT2D eigenvalue weighted by Crippen LogP contribution is -2.28. The Labute approximate surface area is 114 Å². The molecule has 0 saturated heterocycles. The maximum absolute atomic E-state index is 5.46. The Hall–Kier alpha value is -0.670. The van der Waals surface area contributed by atoms with Crippen LogP contribution in [0.1, 0.15) is 38.3 Å². The van der Waals surface area contributed by atoms with E-state index in [1.165, 1.54) is 18.4 Å². The SMILES string of the molecule is CCOc1ccc(C(C)NCC2(SC)CC2)cc1. The maximum Gasteiger partial charge on any atom is 0.119 e. The molecule has 0 radical (unpaired) electrons. The van der Waals surface area contributed by atoms with Crippen molar-refractivity contribution in [2.75, 3.05) is 19.4 Å². The second-order valence-electron chi connectivity index (χ2n) is 4.99. The molecule has 2 rings (SSSR count). The molecular formula is C15H23NOS. The monoisotopic (exact) mass is 265 g/mol. The normalized spacial score (nSPS) is 18.4. The van der Waals surface area contributed by atoms with Crippen molar-refractivity contribution in [3.05, 3.63) is 29.8 Å². The van der Waals surface area contributed by atoms with Gasteiger partial charge in [0.05, 0.1) is 6.61 Å². The minimum atomic E-state index is 0.408. The lowest BCUT2D eigenvalue weighted by molar-refractivity contribution is 0.340. The molecule has 1 aromatic carbocycles. The molecule has 1 saturated carbocycles. The zero-order chi connectivity index (χ0) is 13.0. The summed E-state index contributed by atoms with van der Waals surface area (Å²) in [5.41, 5.74) is 1.33. The van der Waals surface area contributed by atoms with E-state index in [1.54, 1.807) is 0 Å². The lowest BCUT2D eigenvalue weighted by Gasteiger charge is -2.19. The summed E-state index contributed by atoms with van der Waals surface area (Å²) in [6, 6.07) is 8.82. The second kappa shape index (κ2) is 5.98. The second-order valence-corrected chi connectivity index (χ2v) is 6.27. The molecule has 0 aromatic heterocycles. The molecule has 1 unspecified atom stereocenters. The molecule has 100 valence electrons. The summed E-state index contributed by atoms with van der Waals surface area (Å²) in [4.78, 5) is 0. The molecule has 1 aliphatic carbocycles. The summed E-state index contributed by atoms with van der Waals surface area (Å²) in [5, 5.41) is 3.64. The fourth-order valence-electron chi connectivity index (χ4n) is 2.07. The highest BCUT2D eigenvalue weighted by atomic mass is 32.2. The smallest absolute Gasteiger partial charge is 0.119 e. The lowest BCUT2D eigenvalue weighted by atomic mass is 10.1. The minimum Gasteiger partial charge on any atom is -0.494 e. The van der Waals surface area contributed by atoms with Crippen LogP contribution < -0.4 is 10.1 Å². The number of ether oxygens (including phenoxy) is 1. The van der Waals surface area contributed by atoms with Crippen molar-refractivity contribution < 1.29 is 4.74 Å². The number of nitrogens with one attached hydrogen (secondary N) is 1. The molecule has 0 spiro atoms. The maximum atomic E-state index is 5.46. The van der Waals surface area contributed by atoms with E-state index in [0.717, 1.165) is 18.9 Å². The molecule has 1 aliphatic rings. The largest absolute Gasteiger partial charge is 0.494 e. The van der Waals surface area contributed by atoms with Crippen LogP contribution >= 0.6 is 11.8 Å². The van der Waals surface area contributed by atoms with Gasteiger partial charge in [-0.15, -0.1) is 0 Å². The first-order chi connectivity index (χ1) is 8.69. The topological polar surface area (TPSA) is 21.3 Å². The number of benzene rings is 1. The summed E-state index contributed by atoms with van der Waals surface area (Å²) in [7, 11) is 0. The molecule has 0 bridgehead atoms. The molecule has 0 amide bonds. The van der Waals surface area contributed by atoms with Gasteiger partial charge in [-0.3, -0.25) is 0 Å². The van der Waals surface area contributed by atoms with Gasteiger partial charge in [0.25, 0.3) is 0 Å². The Morgan fingerprint density at radius 3 is 2.50 bits per heavy atom. The van der Waals surface area contributed by atoms with Crippen molar-refractivity contribution in [3.8, 4) is 5.75 Å². The van der Waals surface area contributed by atoms with Gasteiger partial charge in [-0.2, -0.15) is 11.8 Å². The van der Waals surface area contributed by atoms with Crippen molar-refractivity contribution >= 4 is 11.8 Å². The minimum absolute atomic E-state index is 0.408. The third kappa shape index (κ3) is 3.42. The van der Waals surface area contributed by atoms with Gasteiger partial charge in [0.2, 0.25) is 0 Å². The van der Waals surface area contributed by atoms with E-state index in [-0.39, 0.29) is 0 Å². The zero-order valence-corrected chi connectivity index (χ0v) is 12.3. The highest BCUT2D eigenvalue weighted by molar-refractivity contribution is 8.00. The van der Waals surface area contributed by atoms with Crippen molar-refractivity contribution in [2.45, 2.75) is 37.5 Å². The van der Waals surface area contributed by atoms with E-state index in [4.69, 9.17) is 4.74 Å². The van der Waals surface area contributed by atoms with Crippen LogP contribution in [0.5, 0.6) is 5.75 Å². The number of thioether (sulfide) groups is 1. The van der Waals surface area contributed by atoms with Gasteiger partial charge >= 0.3 is 0 Å². The van der Waals surface area contributed by atoms with E-state index in [1.807, 2.05) is 18.7 Å². The van der Waals surface area contributed by atoms with E-state index >= 15 is 0 Å². The fraction of sp³-hybridized carbons (Fsp3) is 0.600. The number of hydrogen-bond acceptors (Lipinski definition) is 3. The quantitative estimate of drug-likeness (QED) is 0.813. The average Bonchev–Trinajstić information content (AvgIpc) is 3.18. The molecule has 0 aliphatic heterocycles. The van der Waals surface area contributed by atoms with Crippen LogP contribution in [0, 0.1) is 0 Å². The predicted octanol–water partition coefficient (Wildman–Crippen LogP) is 3.63. The Morgan fingerprint density at radius 2 is 2.00 bits per heavy atom. The van der Waals surface area contributed by atoms with E-state index in [9.17, 15) is 0 Å². The first-order valence-electron chi connectivity index (χ1n) is 6.70. The van der Waals surface area contributed by atoms with Crippen molar-refractivity contribution in [1.29, 1.82) is 0 Å². The van der Waals surface area contributed by atoms with Crippen molar-refractivity contribution in [1.82, 2.24) is 5.32 Å². The third-order valence-corrected chi connectivity index (χ3v) is 5.08. The van der Waals surface area contributed by atoms with E-state index in [2.05, 4.69) is 42.8 Å². The van der Waals surface area contributed by atoms with Gasteiger partial charge in [0.1, 0.15) is 5.75 Å². The number of rotatable bonds is 7. The van der Waals surface area contributed by atoms with Crippen LogP contribution in [0.2, 0.25) is 0 Å². The van der Waals surface area contributed by atoms with E-state index in [0.29, 0.717) is 10.8 Å². The van der Waals surface area contributed by atoms with Crippen molar-refractivity contribution in [2.24, 2.45) is 0 Å². The summed E-state index contributed by atoms with van der Waals surface area (Å²) >= 11 is 2.00. The molecule has 1 fully saturated rings. The molecule has 3 heteroatoms. The zero-order valence-electron chi connectivity index (χ0n) is 11.5. The van der Waals surface area contributed by atoms with Crippen LogP contribution in [0.4, 0.5) is 0 Å². The summed E-state index contributed by atoms with van der Waals surface area (Å²) in [6.07, 6.45) is 4.94. The van der Waals surface area contributed by atoms with Crippen LogP contribution in [0.3, 0.4) is 0 Å². The molecular weight excluding hydrogens is 242 g/mol.